The zero-order valence-corrected chi connectivity index (χ0v) is 33.0. The highest BCUT2D eigenvalue weighted by atomic mass is 16.6. The Morgan fingerprint density at radius 1 is 0.415 bits per heavy atom. The highest BCUT2D eigenvalue weighted by Crippen LogP contribution is 2.08. The van der Waals surface area contributed by atoms with Crippen molar-refractivity contribution in [2.24, 2.45) is 0 Å². The molecule has 1 saturated heterocycles. The Balaban J connectivity index is 1.61. The van der Waals surface area contributed by atoms with Crippen LogP contribution in [0.25, 0.3) is 0 Å². The molecule has 0 aromatic carbocycles. The lowest BCUT2D eigenvalue weighted by Crippen LogP contribution is -2.33. The molecule has 0 bridgehead atoms. The molecular weight excluding hydrogens is 694 g/mol. The van der Waals surface area contributed by atoms with Crippen LogP contribution >= 0.6 is 0 Å². The van der Waals surface area contributed by atoms with E-state index in [9.17, 15) is 4.79 Å². The maximum absolute atomic E-state index is 11.7. The van der Waals surface area contributed by atoms with Crippen LogP contribution < -0.4 is 5.32 Å². The van der Waals surface area contributed by atoms with Crippen molar-refractivity contribution in [1.82, 2.24) is 5.32 Å². The van der Waals surface area contributed by atoms with Gasteiger partial charge in [0.1, 0.15) is 6.61 Å². The van der Waals surface area contributed by atoms with Crippen molar-refractivity contribution in [1.29, 1.82) is 0 Å². The fourth-order valence-corrected chi connectivity index (χ4v) is 4.87. The number of hydrogen-bond acceptors (Lipinski definition) is 15. The topological polar surface area (TPSA) is 149 Å². The van der Waals surface area contributed by atoms with Gasteiger partial charge in [0, 0.05) is 6.42 Å². The summed E-state index contributed by atoms with van der Waals surface area (Å²) in [5.74, 6) is -0.144. The molecule has 0 aromatic heterocycles. The summed E-state index contributed by atoms with van der Waals surface area (Å²) in [4.78, 5) is 11.7. The SMILES string of the molecule is CCCCCCCCC(=O)OCCOCCOCCOCCOCCOCCOCCOCCOCCOCCOCCOCCOC1CCNCC1. The zero-order valence-electron chi connectivity index (χ0n) is 33.0. The summed E-state index contributed by atoms with van der Waals surface area (Å²) >= 11 is 0. The van der Waals surface area contributed by atoms with Crippen LogP contribution in [-0.4, -0.2) is 184 Å². The average molecular weight is 770 g/mol. The van der Waals surface area contributed by atoms with Gasteiger partial charge < -0.3 is 66.9 Å². The Labute approximate surface area is 319 Å². The number of hydrogen-bond donors (Lipinski definition) is 1. The number of carbonyl (C=O) groups excluding carboxylic acids is 1. The van der Waals surface area contributed by atoms with Gasteiger partial charge in [-0.1, -0.05) is 39.0 Å². The summed E-state index contributed by atoms with van der Waals surface area (Å²) in [7, 11) is 0. The van der Waals surface area contributed by atoms with E-state index in [4.69, 9.17) is 61.6 Å². The molecule has 0 unspecified atom stereocenters. The highest BCUT2D eigenvalue weighted by Gasteiger charge is 2.12. The largest absolute Gasteiger partial charge is 0.463 e. The summed E-state index contributed by atoms with van der Waals surface area (Å²) in [6.45, 7) is 16.3. The lowest BCUT2D eigenvalue weighted by atomic mass is 10.1. The molecule has 1 rings (SSSR count). The first-order chi connectivity index (χ1) is 26.3. The van der Waals surface area contributed by atoms with Gasteiger partial charge in [-0.25, -0.2) is 0 Å². The van der Waals surface area contributed by atoms with Gasteiger partial charge in [0.15, 0.2) is 0 Å². The van der Waals surface area contributed by atoms with E-state index in [1.165, 1.54) is 25.7 Å². The Morgan fingerprint density at radius 2 is 0.717 bits per heavy atom. The molecule has 0 atom stereocenters. The monoisotopic (exact) mass is 770 g/mol. The maximum atomic E-state index is 11.7. The van der Waals surface area contributed by atoms with E-state index >= 15 is 0 Å². The van der Waals surface area contributed by atoms with Crippen molar-refractivity contribution in [2.75, 3.05) is 172 Å². The second-order valence-electron chi connectivity index (χ2n) is 12.3. The van der Waals surface area contributed by atoms with Gasteiger partial charge in [-0.3, -0.25) is 4.79 Å². The number of ether oxygens (including phenoxy) is 13. The van der Waals surface area contributed by atoms with E-state index in [-0.39, 0.29) is 12.6 Å². The van der Waals surface area contributed by atoms with Gasteiger partial charge in [0.25, 0.3) is 0 Å². The van der Waals surface area contributed by atoms with E-state index in [1.807, 2.05) is 0 Å². The van der Waals surface area contributed by atoms with Crippen molar-refractivity contribution in [3.05, 3.63) is 0 Å². The minimum Gasteiger partial charge on any atom is -0.463 e. The van der Waals surface area contributed by atoms with Gasteiger partial charge in [-0.2, -0.15) is 0 Å². The number of unbranched alkanes of at least 4 members (excludes halogenated alkanes) is 5. The van der Waals surface area contributed by atoms with Gasteiger partial charge in [0.2, 0.25) is 0 Å². The normalized spacial score (nSPS) is 13.6. The van der Waals surface area contributed by atoms with Gasteiger partial charge >= 0.3 is 5.97 Å². The summed E-state index contributed by atoms with van der Waals surface area (Å²) in [6, 6.07) is 0. The quantitative estimate of drug-likeness (QED) is 0.0714. The van der Waals surface area contributed by atoms with E-state index in [0.717, 1.165) is 38.8 Å². The Bertz CT molecular complexity index is 720. The second-order valence-corrected chi connectivity index (χ2v) is 12.3. The fraction of sp³-hybridized carbons (Fsp3) is 0.974. The Hall–Kier alpha value is -1.05. The van der Waals surface area contributed by atoms with E-state index < -0.39 is 0 Å². The summed E-state index contributed by atoms with van der Waals surface area (Å²) < 4.78 is 71.4. The minimum absolute atomic E-state index is 0.144. The van der Waals surface area contributed by atoms with Crippen molar-refractivity contribution < 1.29 is 66.4 Å². The maximum Gasteiger partial charge on any atom is 0.305 e. The Kier molecular flexibility index (Phi) is 41.2. The molecule has 1 heterocycles. The number of piperidine rings is 1. The molecular formula is C38H75NO14. The van der Waals surface area contributed by atoms with Crippen LogP contribution in [0.3, 0.4) is 0 Å². The molecule has 1 fully saturated rings. The van der Waals surface area contributed by atoms with Crippen LogP contribution in [0.2, 0.25) is 0 Å². The van der Waals surface area contributed by atoms with E-state index in [2.05, 4.69) is 12.2 Å². The number of esters is 1. The smallest absolute Gasteiger partial charge is 0.305 e. The highest BCUT2D eigenvalue weighted by molar-refractivity contribution is 5.69. The predicted octanol–water partition coefficient (Wildman–Crippen LogP) is 3.23. The predicted molar refractivity (Wildman–Crippen MR) is 200 cm³/mol. The van der Waals surface area contributed by atoms with Gasteiger partial charge in [-0.05, 0) is 32.4 Å². The first-order valence-corrected chi connectivity index (χ1v) is 20.2. The molecule has 53 heavy (non-hydrogen) atoms. The number of rotatable bonds is 44. The van der Waals surface area contributed by atoms with Crippen LogP contribution in [0.5, 0.6) is 0 Å². The molecule has 0 amide bonds. The minimum atomic E-state index is -0.144. The molecule has 0 saturated carbocycles. The van der Waals surface area contributed by atoms with Crippen LogP contribution in [0.1, 0.15) is 64.7 Å². The molecule has 15 heteroatoms. The Morgan fingerprint density at radius 3 is 1.08 bits per heavy atom. The van der Waals surface area contributed by atoms with E-state index in [0.29, 0.717) is 164 Å². The molecule has 0 spiro atoms. The fourth-order valence-electron chi connectivity index (χ4n) is 4.87. The lowest BCUT2D eigenvalue weighted by Gasteiger charge is -2.22. The van der Waals surface area contributed by atoms with Gasteiger partial charge in [-0.15, -0.1) is 0 Å². The van der Waals surface area contributed by atoms with Crippen LogP contribution in [0.4, 0.5) is 0 Å². The van der Waals surface area contributed by atoms with Crippen molar-refractivity contribution >= 4 is 5.97 Å². The third kappa shape index (κ3) is 40.4. The van der Waals surface area contributed by atoms with Crippen molar-refractivity contribution in [3.63, 3.8) is 0 Å². The number of nitrogens with one attached hydrogen (secondary N) is 1. The lowest BCUT2D eigenvalue weighted by molar-refractivity contribution is -0.145. The standard InChI is InChI=1S/C38H75NO14/c1-2-3-4-5-6-7-8-38(40)53-36-34-51-32-30-49-28-26-47-24-22-45-20-18-43-16-14-41-13-15-42-17-19-44-21-23-46-25-27-48-29-31-50-33-35-52-37-9-11-39-12-10-37/h37,39H,2-36H2,1H3. The first kappa shape index (κ1) is 50.0. The third-order valence-corrected chi connectivity index (χ3v) is 7.81. The first-order valence-electron chi connectivity index (χ1n) is 20.2. The van der Waals surface area contributed by atoms with Crippen LogP contribution in [0, 0.1) is 0 Å². The molecule has 0 aliphatic carbocycles. The van der Waals surface area contributed by atoms with Crippen LogP contribution in [0.15, 0.2) is 0 Å². The third-order valence-electron chi connectivity index (χ3n) is 7.81. The van der Waals surface area contributed by atoms with E-state index in [1.54, 1.807) is 0 Å². The summed E-state index contributed by atoms with van der Waals surface area (Å²) in [6.07, 6.45) is 9.94. The molecule has 0 radical (unpaired) electrons. The van der Waals surface area contributed by atoms with Crippen LogP contribution in [-0.2, 0) is 66.4 Å². The molecule has 1 aliphatic heterocycles. The van der Waals surface area contributed by atoms with Crippen molar-refractivity contribution in [2.45, 2.75) is 70.8 Å². The molecule has 1 N–H and O–H groups in total. The molecule has 1 aliphatic rings. The average Bonchev–Trinajstić information content (AvgIpc) is 3.17. The summed E-state index contributed by atoms with van der Waals surface area (Å²) in [5.41, 5.74) is 0. The zero-order chi connectivity index (χ0) is 37.8. The summed E-state index contributed by atoms with van der Waals surface area (Å²) in [5, 5.41) is 3.33. The number of carbonyl (C=O) groups is 1. The van der Waals surface area contributed by atoms with Crippen molar-refractivity contribution in [3.8, 4) is 0 Å². The molecule has 0 aromatic rings. The second kappa shape index (κ2) is 43.7. The van der Waals surface area contributed by atoms with Gasteiger partial charge in [0.05, 0.1) is 158 Å². The molecule has 316 valence electrons. The molecule has 15 nitrogen and oxygen atoms in total.